The van der Waals surface area contributed by atoms with Gasteiger partial charge in [0.25, 0.3) is 5.91 Å². The van der Waals surface area contributed by atoms with Gasteiger partial charge in [0.1, 0.15) is 16.5 Å². The maximum absolute atomic E-state index is 14.5. The van der Waals surface area contributed by atoms with Crippen molar-refractivity contribution in [1.29, 1.82) is 0 Å². The SMILES string of the molecule is CN[C@H]1C=C[C@H](N(Cc2cccc(-c3ccncc3)c2)C(=O)c2sc3c(F)ccc(F)c3c2Cl)CC1. The van der Waals surface area contributed by atoms with E-state index in [0.717, 1.165) is 53.0 Å². The minimum absolute atomic E-state index is 0.0413. The van der Waals surface area contributed by atoms with Crippen LogP contribution in [0.1, 0.15) is 28.1 Å². The average molecular weight is 524 g/mol. The Kier molecular flexibility index (Phi) is 7.14. The molecule has 0 unspecified atom stereocenters. The average Bonchev–Trinajstić information content (AvgIpc) is 3.28. The molecule has 4 nitrogen and oxygen atoms in total. The second kappa shape index (κ2) is 10.5. The maximum Gasteiger partial charge on any atom is 0.266 e. The lowest BCUT2D eigenvalue weighted by molar-refractivity contribution is 0.0688. The van der Waals surface area contributed by atoms with E-state index in [2.05, 4.69) is 16.4 Å². The first-order valence-electron chi connectivity index (χ1n) is 11.7. The van der Waals surface area contributed by atoms with Crippen molar-refractivity contribution in [3.63, 3.8) is 0 Å². The number of pyridine rings is 1. The van der Waals surface area contributed by atoms with Gasteiger partial charge in [-0.05, 0) is 66.9 Å². The summed E-state index contributed by atoms with van der Waals surface area (Å²) in [6.45, 7) is 0.326. The monoisotopic (exact) mass is 523 g/mol. The van der Waals surface area contributed by atoms with Crippen molar-refractivity contribution < 1.29 is 13.6 Å². The molecule has 0 spiro atoms. The number of amides is 1. The Morgan fingerprint density at radius 2 is 1.86 bits per heavy atom. The minimum Gasteiger partial charge on any atom is -0.327 e. The van der Waals surface area contributed by atoms with E-state index in [0.29, 0.717) is 6.54 Å². The quantitative estimate of drug-likeness (QED) is 0.281. The Bertz CT molecular complexity index is 1440. The number of nitrogens with zero attached hydrogens (tertiary/aromatic N) is 2. The van der Waals surface area contributed by atoms with E-state index < -0.39 is 11.6 Å². The topological polar surface area (TPSA) is 45.2 Å². The number of halogens is 3. The number of carbonyl (C=O) groups excluding carboxylic acids is 1. The van der Waals surface area contributed by atoms with Gasteiger partial charge in [0, 0.05) is 25.0 Å². The predicted octanol–water partition coefficient (Wildman–Crippen LogP) is 6.84. The zero-order valence-electron chi connectivity index (χ0n) is 19.5. The summed E-state index contributed by atoms with van der Waals surface area (Å²) in [5.74, 6) is -1.58. The highest BCUT2D eigenvalue weighted by molar-refractivity contribution is 7.21. The van der Waals surface area contributed by atoms with E-state index >= 15 is 0 Å². The number of hydrogen-bond acceptors (Lipinski definition) is 4. The standard InChI is InChI=1S/C28H24ClF2N3OS/c1-32-20-5-7-21(8-6-20)34(16-17-3-2-4-19(15-17)18-11-13-33-14-12-18)28(35)27-25(29)24-22(30)9-10-23(31)26(24)36-27/h2-5,7,9-15,20-21,32H,6,8,16H2,1H3/t20-,21-/m0/s1. The van der Waals surface area contributed by atoms with Crippen LogP contribution >= 0.6 is 22.9 Å². The van der Waals surface area contributed by atoms with Crippen molar-refractivity contribution in [1.82, 2.24) is 15.2 Å². The van der Waals surface area contributed by atoms with Crippen LogP contribution in [0.15, 0.2) is 73.1 Å². The number of benzene rings is 2. The molecule has 2 atom stereocenters. The highest BCUT2D eigenvalue weighted by Crippen LogP contribution is 2.40. The van der Waals surface area contributed by atoms with Crippen LogP contribution in [0.2, 0.25) is 5.02 Å². The third-order valence-corrected chi connectivity index (χ3v) is 8.22. The molecule has 0 aliphatic heterocycles. The molecule has 0 saturated carbocycles. The lowest BCUT2D eigenvalue weighted by atomic mass is 9.96. The molecule has 4 aromatic rings. The summed E-state index contributed by atoms with van der Waals surface area (Å²) in [4.78, 5) is 19.9. The zero-order chi connectivity index (χ0) is 25.2. The van der Waals surface area contributed by atoms with Crippen LogP contribution in [-0.4, -0.2) is 34.9 Å². The van der Waals surface area contributed by atoms with E-state index in [9.17, 15) is 13.6 Å². The van der Waals surface area contributed by atoms with Gasteiger partial charge in [0.15, 0.2) is 0 Å². The molecule has 2 heterocycles. The van der Waals surface area contributed by atoms with Crippen LogP contribution in [0, 0.1) is 11.6 Å². The number of rotatable bonds is 6. The zero-order valence-corrected chi connectivity index (χ0v) is 21.1. The first kappa shape index (κ1) is 24.6. The van der Waals surface area contributed by atoms with Crippen LogP contribution in [0.25, 0.3) is 21.2 Å². The Morgan fingerprint density at radius 3 is 2.56 bits per heavy atom. The number of likely N-dealkylation sites (N-methyl/N-ethyl adjacent to an activating group) is 1. The van der Waals surface area contributed by atoms with Gasteiger partial charge in [-0.15, -0.1) is 11.3 Å². The maximum atomic E-state index is 14.5. The summed E-state index contributed by atoms with van der Waals surface area (Å²) < 4.78 is 29.0. The second-order valence-corrected chi connectivity index (χ2v) is 10.2. The van der Waals surface area contributed by atoms with Crippen molar-refractivity contribution in [2.75, 3.05) is 7.05 Å². The lowest BCUT2D eigenvalue weighted by Crippen LogP contribution is -2.41. The van der Waals surface area contributed by atoms with Crippen LogP contribution in [0.3, 0.4) is 0 Å². The van der Waals surface area contributed by atoms with Gasteiger partial charge < -0.3 is 10.2 Å². The predicted molar refractivity (Wildman–Crippen MR) is 141 cm³/mol. The molecule has 0 fully saturated rings. The first-order valence-corrected chi connectivity index (χ1v) is 12.9. The highest BCUT2D eigenvalue weighted by Gasteiger charge is 2.30. The number of aromatic nitrogens is 1. The Morgan fingerprint density at radius 1 is 1.08 bits per heavy atom. The molecule has 2 aromatic carbocycles. The molecule has 1 amide bonds. The molecule has 5 rings (SSSR count). The normalized spacial score (nSPS) is 17.4. The minimum atomic E-state index is -0.641. The van der Waals surface area contributed by atoms with Gasteiger partial charge in [-0.25, -0.2) is 8.78 Å². The number of thiophene rings is 1. The summed E-state index contributed by atoms with van der Waals surface area (Å²) in [6.07, 6.45) is 9.19. The van der Waals surface area contributed by atoms with E-state index in [-0.39, 0.29) is 38.0 Å². The van der Waals surface area contributed by atoms with E-state index in [1.165, 1.54) is 0 Å². The van der Waals surface area contributed by atoms with Crippen molar-refractivity contribution in [2.45, 2.75) is 31.5 Å². The third-order valence-electron chi connectivity index (χ3n) is 6.54. The van der Waals surface area contributed by atoms with Crippen molar-refractivity contribution >= 4 is 38.9 Å². The molecule has 0 saturated heterocycles. The van der Waals surface area contributed by atoms with Gasteiger partial charge in [-0.3, -0.25) is 9.78 Å². The Labute approximate surface area is 217 Å². The molecular weight excluding hydrogens is 500 g/mol. The van der Waals surface area contributed by atoms with E-state index in [1.54, 1.807) is 17.3 Å². The molecule has 2 aromatic heterocycles. The molecule has 1 aliphatic carbocycles. The molecule has 1 aliphatic rings. The second-order valence-electron chi connectivity index (χ2n) is 8.77. The van der Waals surface area contributed by atoms with E-state index in [1.807, 2.05) is 49.5 Å². The van der Waals surface area contributed by atoms with Gasteiger partial charge >= 0.3 is 0 Å². The fourth-order valence-electron chi connectivity index (χ4n) is 4.60. The first-order chi connectivity index (χ1) is 17.5. The molecular formula is C28H24ClF2N3OS. The molecule has 1 N–H and O–H groups in total. The summed E-state index contributed by atoms with van der Waals surface area (Å²) in [7, 11) is 1.91. The number of carbonyl (C=O) groups is 1. The fourth-order valence-corrected chi connectivity index (χ4v) is 6.11. The molecule has 8 heteroatoms. The molecule has 0 radical (unpaired) electrons. The summed E-state index contributed by atoms with van der Waals surface area (Å²) in [5.41, 5.74) is 2.98. The highest BCUT2D eigenvalue weighted by atomic mass is 35.5. The van der Waals surface area contributed by atoms with E-state index in [4.69, 9.17) is 11.6 Å². The largest absolute Gasteiger partial charge is 0.327 e. The fraction of sp³-hybridized carbons (Fsp3) is 0.214. The Hall–Kier alpha value is -3.13. The van der Waals surface area contributed by atoms with Crippen molar-refractivity contribution in [3.05, 3.63) is 100 Å². The van der Waals surface area contributed by atoms with Crippen molar-refractivity contribution in [2.24, 2.45) is 0 Å². The summed E-state index contributed by atoms with van der Waals surface area (Å²) >= 11 is 7.39. The summed E-state index contributed by atoms with van der Waals surface area (Å²) in [6, 6.07) is 14.0. The lowest BCUT2D eigenvalue weighted by Gasteiger charge is -2.33. The smallest absolute Gasteiger partial charge is 0.266 e. The van der Waals surface area contributed by atoms with Crippen LogP contribution in [-0.2, 0) is 6.54 Å². The van der Waals surface area contributed by atoms with Gasteiger partial charge in [-0.1, -0.05) is 42.0 Å². The molecule has 0 bridgehead atoms. The van der Waals surface area contributed by atoms with Crippen molar-refractivity contribution in [3.8, 4) is 11.1 Å². The van der Waals surface area contributed by atoms with Gasteiger partial charge in [-0.2, -0.15) is 0 Å². The third kappa shape index (κ3) is 4.78. The van der Waals surface area contributed by atoms with Gasteiger partial charge in [0.05, 0.1) is 21.2 Å². The van der Waals surface area contributed by atoms with Crippen LogP contribution in [0.5, 0.6) is 0 Å². The van der Waals surface area contributed by atoms with Crippen LogP contribution < -0.4 is 5.32 Å². The van der Waals surface area contributed by atoms with Crippen LogP contribution in [0.4, 0.5) is 8.78 Å². The number of fused-ring (bicyclic) bond motifs is 1. The number of hydrogen-bond donors (Lipinski definition) is 1. The van der Waals surface area contributed by atoms with Gasteiger partial charge in [0.2, 0.25) is 0 Å². The summed E-state index contributed by atoms with van der Waals surface area (Å²) in [5, 5.41) is 3.16. The molecule has 184 valence electrons. The Balaban J connectivity index is 1.53. The molecule has 36 heavy (non-hydrogen) atoms. The number of nitrogens with one attached hydrogen (secondary N) is 1.